The molecule has 6 nitrogen and oxygen atoms in total. The molecule has 26 heavy (non-hydrogen) atoms. The Labute approximate surface area is 155 Å². The Kier molecular flexibility index (Phi) is 6.40. The summed E-state index contributed by atoms with van der Waals surface area (Å²) in [7, 11) is 1.75. The SMILES string of the molecule is CCCCN(C)C(=O)CN1C(=O)C(C(C)C)Oc2ccc(C(C)=O)cc21. The summed E-state index contributed by atoms with van der Waals surface area (Å²) in [6, 6.07) is 5.01. The number of amides is 2. The van der Waals surface area contributed by atoms with Gasteiger partial charge in [-0.2, -0.15) is 0 Å². The van der Waals surface area contributed by atoms with Gasteiger partial charge in [-0.1, -0.05) is 27.2 Å². The van der Waals surface area contributed by atoms with E-state index in [0.717, 1.165) is 12.8 Å². The lowest BCUT2D eigenvalue weighted by molar-refractivity contribution is -0.133. The van der Waals surface area contributed by atoms with E-state index < -0.39 is 6.10 Å². The number of anilines is 1. The molecule has 1 aliphatic rings. The molecule has 2 amide bonds. The first kappa shape index (κ1) is 19.9. The van der Waals surface area contributed by atoms with Crippen LogP contribution in [-0.4, -0.2) is 48.7 Å². The Morgan fingerprint density at radius 3 is 2.58 bits per heavy atom. The van der Waals surface area contributed by atoms with E-state index in [-0.39, 0.29) is 30.1 Å². The van der Waals surface area contributed by atoms with Crippen LogP contribution in [0, 0.1) is 5.92 Å². The number of likely N-dealkylation sites (N-methyl/N-ethyl adjacent to an activating group) is 1. The van der Waals surface area contributed by atoms with Crippen molar-refractivity contribution < 1.29 is 19.1 Å². The second-order valence-corrected chi connectivity index (χ2v) is 7.11. The van der Waals surface area contributed by atoms with Crippen LogP contribution in [0.4, 0.5) is 5.69 Å². The topological polar surface area (TPSA) is 66.9 Å². The molecule has 0 aliphatic carbocycles. The van der Waals surface area contributed by atoms with E-state index in [1.54, 1.807) is 30.1 Å². The summed E-state index contributed by atoms with van der Waals surface area (Å²) < 4.78 is 5.85. The predicted molar refractivity (Wildman–Crippen MR) is 101 cm³/mol. The zero-order valence-electron chi connectivity index (χ0n) is 16.2. The van der Waals surface area contributed by atoms with Crippen molar-refractivity contribution in [2.24, 2.45) is 5.92 Å². The summed E-state index contributed by atoms with van der Waals surface area (Å²) >= 11 is 0. The van der Waals surface area contributed by atoms with Gasteiger partial charge in [0.1, 0.15) is 12.3 Å². The maximum Gasteiger partial charge on any atom is 0.268 e. The molecule has 0 saturated heterocycles. The van der Waals surface area contributed by atoms with Crippen molar-refractivity contribution in [1.29, 1.82) is 0 Å². The quantitative estimate of drug-likeness (QED) is 0.701. The van der Waals surface area contributed by atoms with E-state index in [1.807, 2.05) is 13.8 Å². The summed E-state index contributed by atoms with van der Waals surface area (Å²) in [5.74, 6) is 0.0225. The van der Waals surface area contributed by atoms with E-state index in [2.05, 4.69) is 6.92 Å². The molecule has 0 fully saturated rings. The van der Waals surface area contributed by atoms with Crippen LogP contribution >= 0.6 is 0 Å². The molecule has 1 aliphatic heterocycles. The van der Waals surface area contributed by atoms with Crippen molar-refractivity contribution in [3.63, 3.8) is 0 Å². The van der Waals surface area contributed by atoms with E-state index in [1.165, 1.54) is 11.8 Å². The molecule has 0 aromatic heterocycles. The Hall–Kier alpha value is -2.37. The third kappa shape index (κ3) is 4.23. The van der Waals surface area contributed by atoms with Gasteiger partial charge < -0.3 is 9.64 Å². The van der Waals surface area contributed by atoms with Crippen molar-refractivity contribution in [1.82, 2.24) is 4.90 Å². The van der Waals surface area contributed by atoms with Crippen molar-refractivity contribution in [2.45, 2.75) is 46.6 Å². The number of Topliss-reactive ketones (excluding diaryl/α,β-unsaturated/α-hetero) is 1. The van der Waals surface area contributed by atoms with E-state index >= 15 is 0 Å². The Morgan fingerprint density at radius 1 is 1.31 bits per heavy atom. The molecule has 0 radical (unpaired) electrons. The van der Waals surface area contributed by atoms with Crippen LogP contribution in [-0.2, 0) is 9.59 Å². The molecule has 2 rings (SSSR count). The highest BCUT2D eigenvalue weighted by Crippen LogP contribution is 2.36. The van der Waals surface area contributed by atoms with Crippen molar-refractivity contribution >= 4 is 23.3 Å². The number of hydrogen-bond donors (Lipinski definition) is 0. The van der Waals surface area contributed by atoms with Gasteiger partial charge in [0.05, 0.1) is 5.69 Å². The number of benzene rings is 1. The molecule has 1 unspecified atom stereocenters. The number of rotatable bonds is 7. The van der Waals surface area contributed by atoms with E-state index in [9.17, 15) is 14.4 Å². The summed E-state index contributed by atoms with van der Waals surface area (Å²) in [6.07, 6.45) is 1.27. The number of unbranched alkanes of at least 4 members (excludes halogenated alkanes) is 1. The van der Waals surface area contributed by atoms with E-state index in [4.69, 9.17) is 4.74 Å². The number of ether oxygens (including phenoxy) is 1. The lowest BCUT2D eigenvalue weighted by Gasteiger charge is -2.36. The van der Waals surface area contributed by atoms with Crippen LogP contribution in [0.1, 0.15) is 50.9 Å². The number of hydrogen-bond acceptors (Lipinski definition) is 4. The van der Waals surface area contributed by atoms with E-state index in [0.29, 0.717) is 23.5 Å². The minimum absolute atomic E-state index is 0.0291. The lowest BCUT2D eigenvalue weighted by atomic mass is 10.0. The minimum Gasteiger partial charge on any atom is -0.478 e. The molecular formula is C20H28N2O4. The normalized spacial score (nSPS) is 16.3. The maximum absolute atomic E-state index is 12.9. The van der Waals surface area contributed by atoms with Crippen molar-refractivity contribution in [2.75, 3.05) is 25.0 Å². The van der Waals surface area contributed by atoms with Crippen LogP contribution in [0.5, 0.6) is 5.75 Å². The second kappa shape index (κ2) is 8.34. The molecule has 0 bridgehead atoms. The van der Waals surface area contributed by atoms with Crippen LogP contribution in [0.25, 0.3) is 0 Å². The first-order valence-corrected chi connectivity index (χ1v) is 9.13. The highest BCUT2D eigenvalue weighted by molar-refractivity contribution is 6.05. The van der Waals surface area contributed by atoms with Gasteiger partial charge >= 0.3 is 0 Å². The van der Waals surface area contributed by atoms with Crippen LogP contribution in [0.3, 0.4) is 0 Å². The van der Waals surface area contributed by atoms with Crippen LogP contribution in [0.15, 0.2) is 18.2 Å². The average Bonchev–Trinajstić information content (AvgIpc) is 2.60. The molecule has 0 N–H and O–H groups in total. The zero-order valence-corrected chi connectivity index (χ0v) is 16.2. The maximum atomic E-state index is 12.9. The summed E-state index contributed by atoms with van der Waals surface area (Å²) in [5.41, 5.74) is 0.969. The van der Waals surface area contributed by atoms with Gasteiger partial charge in [0, 0.05) is 19.2 Å². The zero-order chi connectivity index (χ0) is 19.4. The fraction of sp³-hybridized carbons (Fsp3) is 0.550. The highest BCUT2D eigenvalue weighted by Gasteiger charge is 2.37. The molecule has 1 aromatic rings. The second-order valence-electron chi connectivity index (χ2n) is 7.11. The van der Waals surface area contributed by atoms with Gasteiger partial charge in [-0.15, -0.1) is 0 Å². The first-order chi connectivity index (χ1) is 12.3. The molecule has 1 atom stereocenters. The number of carbonyl (C=O) groups is 3. The van der Waals surface area contributed by atoms with Crippen molar-refractivity contribution in [3.05, 3.63) is 23.8 Å². The highest BCUT2D eigenvalue weighted by atomic mass is 16.5. The lowest BCUT2D eigenvalue weighted by Crippen LogP contribution is -2.51. The molecule has 1 aromatic carbocycles. The first-order valence-electron chi connectivity index (χ1n) is 9.13. The Balaban J connectivity index is 2.35. The summed E-state index contributed by atoms with van der Waals surface area (Å²) in [5, 5.41) is 0. The Morgan fingerprint density at radius 2 is 2.00 bits per heavy atom. The summed E-state index contributed by atoms with van der Waals surface area (Å²) in [6.45, 7) is 7.95. The minimum atomic E-state index is -0.639. The number of fused-ring (bicyclic) bond motifs is 1. The third-order valence-corrected chi connectivity index (χ3v) is 4.59. The van der Waals surface area contributed by atoms with Gasteiger partial charge in [0.2, 0.25) is 5.91 Å². The number of nitrogens with zero attached hydrogens (tertiary/aromatic N) is 2. The number of ketones is 1. The largest absolute Gasteiger partial charge is 0.478 e. The molecule has 1 heterocycles. The predicted octanol–water partition coefficient (Wildman–Crippen LogP) is 2.90. The molecule has 0 spiro atoms. The van der Waals surface area contributed by atoms with Gasteiger partial charge in [0.25, 0.3) is 5.91 Å². The van der Waals surface area contributed by atoms with Gasteiger partial charge in [0.15, 0.2) is 11.9 Å². The number of carbonyl (C=O) groups excluding carboxylic acids is 3. The molecule has 142 valence electrons. The molecule has 6 heteroatoms. The van der Waals surface area contributed by atoms with Crippen LogP contribution < -0.4 is 9.64 Å². The van der Waals surface area contributed by atoms with Gasteiger partial charge in [-0.05, 0) is 37.5 Å². The summed E-state index contributed by atoms with van der Waals surface area (Å²) in [4.78, 5) is 40.3. The monoisotopic (exact) mass is 360 g/mol. The smallest absolute Gasteiger partial charge is 0.268 e. The van der Waals surface area contributed by atoms with Crippen molar-refractivity contribution in [3.8, 4) is 5.75 Å². The van der Waals surface area contributed by atoms with Crippen LogP contribution in [0.2, 0.25) is 0 Å². The van der Waals surface area contributed by atoms with Gasteiger partial charge in [-0.3, -0.25) is 19.3 Å². The fourth-order valence-electron chi connectivity index (χ4n) is 2.87. The fourth-order valence-corrected chi connectivity index (χ4v) is 2.87. The average molecular weight is 360 g/mol. The standard InChI is InChI=1S/C20H28N2O4/c1-6-7-10-21(5)18(24)12-22-16-11-15(14(4)23)8-9-17(16)26-19(13(2)3)20(22)25/h8-9,11,13,19H,6-7,10,12H2,1-5H3. The molecule has 0 saturated carbocycles. The third-order valence-electron chi connectivity index (χ3n) is 4.59. The molecular weight excluding hydrogens is 332 g/mol. The Bertz CT molecular complexity index is 699. The van der Waals surface area contributed by atoms with Gasteiger partial charge in [-0.25, -0.2) is 0 Å².